The second-order valence-corrected chi connectivity index (χ2v) is 6.30. The minimum atomic E-state index is -3.15. The van der Waals surface area contributed by atoms with Gasteiger partial charge in [0, 0.05) is 28.0 Å². The number of benzene rings is 1. The highest BCUT2D eigenvalue weighted by molar-refractivity contribution is 9.10. The lowest BCUT2D eigenvalue weighted by molar-refractivity contribution is -0.175. The first kappa shape index (κ1) is 17.1. The van der Waals surface area contributed by atoms with Gasteiger partial charge in [0.2, 0.25) is 0 Å². The number of ether oxygens (including phenoxy) is 2. The Balaban J connectivity index is 2.38. The Hall–Kier alpha value is -0.310. The molecule has 8 heteroatoms. The molecule has 21 heavy (non-hydrogen) atoms. The van der Waals surface area contributed by atoms with E-state index in [1.807, 2.05) is 0 Å². The monoisotopic (exact) mass is 388 g/mol. The minimum absolute atomic E-state index is 0.113. The third kappa shape index (κ3) is 3.72. The maximum absolute atomic E-state index is 14.1. The first-order chi connectivity index (χ1) is 9.86. The van der Waals surface area contributed by atoms with Crippen LogP contribution in [0.25, 0.3) is 0 Å². The maximum atomic E-state index is 14.1. The van der Waals surface area contributed by atoms with Crippen LogP contribution in [0.5, 0.6) is 0 Å². The zero-order valence-corrected chi connectivity index (χ0v) is 13.4. The van der Waals surface area contributed by atoms with Gasteiger partial charge in [0.25, 0.3) is 11.7 Å². The van der Waals surface area contributed by atoms with E-state index in [4.69, 9.17) is 9.47 Å². The molecular formula is C13H13BrF4O2S. The second-order valence-electron chi connectivity index (χ2n) is 4.41. The molecule has 0 saturated carbocycles. The highest BCUT2D eigenvalue weighted by Gasteiger charge is 2.50. The van der Waals surface area contributed by atoms with Crippen molar-refractivity contribution in [2.45, 2.75) is 36.0 Å². The fourth-order valence-corrected chi connectivity index (χ4v) is 3.41. The molecule has 1 aromatic rings. The molecule has 1 aliphatic rings. The van der Waals surface area contributed by atoms with Crippen LogP contribution < -0.4 is 0 Å². The van der Waals surface area contributed by atoms with E-state index in [0.29, 0.717) is 16.6 Å². The highest BCUT2D eigenvalue weighted by atomic mass is 79.9. The standard InChI is InChI=1S/C13H13BrF4O2S/c1-2-19-6-20-11-10-7(5-13(11,17)18)8(14)3-4-9(10)21-12(15)16/h3-4,11-12H,2,5-6H2,1H3/t11-/m0/s1. The van der Waals surface area contributed by atoms with Gasteiger partial charge in [-0.2, -0.15) is 8.78 Å². The van der Waals surface area contributed by atoms with Gasteiger partial charge >= 0.3 is 0 Å². The lowest BCUT2D eigenvalue weighted by Crippen LogP contribution is -2.25. The molecule has 0 amide bonds. The topological polar surface area (TPSA) is 18.5 Å². The normalized spacial score (nSPS) is 20.0. The van der Waals surface area contributed by atoms with E-state index in [1.165, 1.54) is 12.1 Å². The van der Waals surface area contributed by atoms with Crippen LogP contribution in [0, 0.1) is 0 Å². The van der Waals surface area contributed by atoms with Gasteiger partial charge in [-0.25, -0.2) is 8.78 Å². The molecule has 0 radical (unpaired) electrons. The summed E-state index contributed by atoms with van der Waals surface area (Å²) in [7, 11) is 0. The summed E-state index contributed by atoms with van der Waals surface area (Å²) >= 11 is 3.44. The van der Waals surface area contributed by atoms with Gasteiger partial charge in [-0.1, -0.05) is 27.7 Å². The Morgan fingerprint density at radius 1 is 1.43 bits per heavy atom. The smallest absolute Gasteiger partial charge is 0.288 e. The summed E-state index contributed by atoms with van der Waals surface area (Å²) in [6.45, 7) is 1.72. The van der Waals surface area contributed by atoms with Crippen LogP contribution in [0.1, 0.15) is 24.2 Å². The Morgan fingerprint density at radius 3 is 2.76 bits per heavy atom. The zero-order valence-electron chi connectivity index (χ0n) is 11.0. The molecule has 1 aromatic carbocycles. The van der Waals surface area contributed by atoms with Crippen molar-refractivity contribution in [3.05, 3.63) is 27.7 Å². The second kappa shape index (κ2) is 6.85. The molecule has 0 aliphatic heterocycles. The lowest BCUT2D eigenvalue weighted by Gasteiger charge is -2.21. The lowest BCUT2D eigenvalue weighted by atomic mass is 10.1. The predicted molar refractivity (Wildman–Crippen MR) is 75.0 cm³/mol. The molecule has 2 nitrogen and oxygen atoms in total. The number of rotatable bonds is 6. The van der Waals surface area contributed by atoms with E-state index >= 15 is 0 Å². The molecule has 0 saturated heterocycles. The van der Waals surface area contributed by atoms with Crippen LogP contribution in [0.15, 0.2) is 21.5 Å². The number of alkyl halides is 4. The molecule has 1 atom stereocenters. The van der Waals surface area contributed by atoms with E-state index < -0.39 is 24.2 Å². The van der Waals surface area contributed by atoms with Gasteiger partial charge in [-0.05, 0) is 24.6 Å². The molecule has 2 rings (SSSR count). The van der Waals surface area contributed by atoms with Crippen molar-refractivity contribution in [2.24, 2.45) is 0 Å². The fourth-order valence-electron chi connectivity index (χ4n) is 2.23. The van der Waals surface area contributed by atoms with Crippen LogP contribution in [0.4, 0.5) is 17.6 Å². The van der Waals surface area contributed by atoms with Crippen molar-refractivity contribution in [1.29, 1.82) is 0 Å². The third-order valence-electron chi connectivity index (χ3n) is 3.06. The summed E-state index contributed by atoms with van der Waals surface area (Å²) < 4.78 is 64.0. The number of halogens is 5. The van der Waals surface area contributed by atoms with Crippen LogP contribution in [-0.4, -0.2) is 25.1 Å². The van der Waals surface area contributed by atoms with Gasteiger partial charge in [-0.3, -0.25) is 0 Å². The molecule has 0 heterocycles. The summed E-state index contributed by atoms with van der Waals surface area (Å²) in [5, 5.41) is 0. The zero-order chi connectivity index (χ0) is 15.6. The van der Waals surface area contributed by atoms with Crippen LogP contribution in [-0.2, 0) is 15.9 Å². The fraction of sp³-hybridized carbons (Fsp3) is 0.538. The van der Waals surface area contributed by atoms with Crippen molar-refractivity contribution >= 4 is 27.7 Å². The highest BCUT2D eigenvalue weighted by Crippen LogP contribution is 2.51. The number of hydrogen-bond acceptors (Lipinski definition) is 3. The van der Waals surface area contributed by atoms with E-state index in [0.717, 1.165) is 0 Å². The van der Waals surface area contributed by atoms with Crippen molar-refractivity contribution in [3.63, 3.8) is 0 Å². The Labute approximate surface area is 132 Å². The molecule has 0 aromatic heterocycles. The third-order valence-corrected chi connectivity index (χ3v) is 4.59. The summed E-state index contributed by atoms with van der Waals surface area (Å²) in [5.41, 5.74) is 0.437. The molecular weight excluding hydrogens is 376 g/mol. The van der Waals surface area contributed by atoms with Crippen molar-refractivity contribution < 1.29 is 27.0 Å². The largest absolute Gasteiger partial charge is 0.356 e. The summed E-state index contributed by atoms with van der Waals surface area (Å²) in [6, 6.07) is 2.91. The van der Waals surface area contributed by atoms with Crippen LogP contribution >= 0.6 is 27.7 Å². The van der Waals surface area contributed by atoms with Crippen molar-refractivity contribution in [2.75, 3.05) is 13.4 Å². The number of thioether (sulfide) groups is 1. The van der Waals surface area contributed by atoms with E-state index in [9.17, 15) is 17.6 Å². The first-order valence-electron chi connectivity index (χ1n) is 6.20. The molecule has 0 spiro atoms. The van der Waals surface area contributed by atoms with E-state index in [1.54, 1.807) is 6.92 Å². The summed E-state index contributed by atoms with van der Waals surface area (Å²) in [4.78, 5) is 0.113. The maximum Gasteiger partial charge on any atom is 0.288 e. The van der Waals surface area contributed by atoms with Crippen molar-refractivity contribution in [1.82, 2.24) is 0 Å². The van der Waals surface area contributed by atoms with E-state index in [2.05, 4.69) is 15.9 Å². The molecule has 1 aliphatic carbocycles. The quantitative estimate of drug-likeness (QED) is 0.295. The van der Waals surface area contributed by atoms with Gasteiger partial charge in [0.1, 0.15) is 6.79 Å². The molecule has 0 unspecified atom stereocenters. The van der Waals surface area contributed by atoms with Crippen LogP contribution in [0.2, 0.25) is 0 Å². The number of hydrogen-bond donors (Lipinski definition) is 0. The van der Waals surface area contributed by atoms with E-state index in [-0.39, 0.29) is 29.0 Å². The molecule has 0 N–H and O–H groups in total. The summed E-state index contributed by atoms with van der Waals surface area (Å²) in [5.74, 6) is -5.84. The average molecular weight is 389 g/mol. The predicted octanol–water partition coefficient (Wildman–Crippen LogP) is 5.01. The Morgan fingerprint density at radius 2 is 2.14 bits per heavy atom. The van der Waals surface area contributed by atoms with Crippen molar-refractivity contribution in [3.8, 4) is 0 Å². The summed E-state index contributed by atoms with van der Waals surface area (Å²) in [6.07, 6.45) is -2.12. The average Bonchev–Trinajstić information content (AvgIpc) is 2.66. The Bertz CT molecular complexity index is 513. The minimum Gasteiger partial charge on any atom is -0.356 e. The first-order valence-corrected chi connectivity index (χ1v) is 7.87. The number of fused-ring (bicyclic) bond motifs is 1. The Kier molecular flexibility index (Phi) is 5.56. The van der Waals surface area contributed by atoms with Gasteiger partial charge in [0.15, 0.2) is 6.10 Å². The van der Waals surface area contributed by atoms with Gasteiger partial charge < -0.3 is 9.47 Å². The molecule has 118 valence electrons. The van der Waals surface area contributed by atoms with Gasteiger partial charge in [0.05, 0.1) is 0 Å². The SMILES string of the molecule is CCOCO[C@H]1c2c(SC(F)F)ccc(Br)c2CC1(F)F. The molecule has 0 fully saturated rings. The van der Waals surface area contributed by atoms with Gasteiger partial charge in [-0.15, -0.1) is 0 Å². The molecule has 0 bridgehead atoms. The van der Waals surface area contributed by atoms with Crippen LogP contribution in [0.3, 0.4) is 0 Å².